The van der Waals surface area contributed by atoms with Crippen molar-refractivity contribution in [3.8, 4) is 44.8 Å². The molecule has 0 atom stereocenters. The van der Waals surface area contributed by atoms with Crippen LogP contribution < -0.4 is 38.2 Å². The summed E-state index contributed by atoms with van der Waals surface area (Å²) in [6.45, 7) is 6.82. The molecule has 0 bridgehead atoms. The molecule has 2 heterocycles. The molecule has 61 heavy (non-hydrogen) atoms. The highest BCUT2D eigenvalue weighted by Gasteiger charge is 2.26. The van der Waals surface area contributed by atoms with Gasteiger partial charge < -0.3 is 9.13 Å². The molecular weight excluding hydrogens is 728 g/mol. The third-order valence-corrected chi connectivity index (χ3v) is 14.0. The van der Waals surface area contributed by atoms with Crippen molar-refractivity contribution >= 4 is 137 Å². The first-order chi connectivity index (χ1) is 29.3. The van der Waals surface area contributed by atoms with Crippen molar-refractivity contribution in [1.82, 2.24) is 9.13 Å². The first kappa shape index (κ1) is 39.0. The lowest BCUT2D eigenvalue weighted by atomic mass is 9.64. The zero-order valence-electron chi connectivity index (χ0n) is 37.3. The van der Waals surface area contributed by atoms with E-state index in [2.05, 4.69) is 230 Å². The Balaban J connectivity index is 1.23. The van der Waals surface area contributed by atoms with Crippen LogP contribution in [-0.2, 0) is 5.41 Å². The molecule has 0 amide bonds. The van der Waals surface area contributed by atoms with Gasteiger partial charge in [-0.2, -0.15) is 0 Å². The van der Waals surface area contributed by atoms with Crippen LogP contribution in [0.5, 0.6) is 0 Å². The smallest absolute Gasteiger partial charge is 0.141 e. The molecule has 0 aliphatic carbocycles. The zero-order chi connectivity index (χ0) is 42.5. The summed E-state index contributed by atoms with van der Waals surface area (Å²) >= 11 is 0. The Kier molecular flexibility index (Phi) is 9.25. The van der Waals surface area contributed by atoms with Crippen LogP contribution >= 0.6 is 0 Å². The van der Waals surface area contributed by atoms with E-state index in [1.165, 1.54) is 132 Å². The summed E-state index contributed by atoms with van der Waals surface area (Å²) in [4.78, 5) is 0. The summed E-state index contributed by atoms with van der Waals surface area (Å²) in [6.07, 6.45) is 0. The second-order valence-electron chi connectivity index (χ2n) is 18.4. The molecule has 9 heteroatoms. The van der Waals surface area contributed by atoms with E-state index in [1.807, 2.05) is 0 Å². The van der Waals surface area contributed by atoms with Crippen LogP contribution in [0.2, 0.25) is 0 Å². The van der Waals surface area contributed by atoms with E-state index < -0.39 is 0 Å². The van der Waals surface area contributed by atoms with Gasteiger partial charge in [-0.3, -0.25) is 0 Å². The minimum absolute atomic E-state index is 0.126. The molecule has 0 saturated heterocycles. The van der Waals surface area contributed by atoms with Crippen LogP contribution in [0, 0.1) is 0 Å². The highest BCUT2D eigenvalue weighted by atomic mass is 15.0. The summed E-state index contributed by atoms with van der Waals surface area (Å²) in [6, 6.07) is 54.0. The molecule has 0 aliphatic heterocycles. The van der Waals surface area contributed by atoms with Gasteiger partial charge in [-0.05, 0) is 92.2 Å². The van der Waals surface area contributed by atoms with Crippen LogP contribution in [0.3, 0.4) is 0 Å². The molecule has 0 radical (unpaired) electrons. The highest BCUT2D eigenvalue weighted by molar-refractivity contribution is 6.69. The van der Waals surface area contributed by atoms with Crippen LogP contribution in [0.25, 0.3) is 88.4 Å². The van der Waals surface area contributed by atoms with Crippen molar-refractivity contribution in [3.63, 3.8) is 0 Å². The Morgan fingerprint density at radius 3 is 1.56 bits per heavy atom. The fourth-order valence-corrected chi connectivity index (χ4v) is 10.3. The van der Waals surface area contributed by atoms with Gasteiger partial charge in [0, 0.05) is 38.6 Å². The molecule has 2 aromatic heterocycles. The molecule has 0 unspecified atom stereocenters. The minimum Gasteiger partial charge on any atom is -0.310 e. The zero-order valence-corrected chi connectivity index (χ0v) is 37.3. The van der Waals surface area contributed by atoms with Crippen LogP contribution in [0.1, 0.15) is 26.3 Å². The van der Waals surface area contributed by atoms with E-state index in [0.29, 0.717) is 0 Å². The predicted molar refractivity (Wildman–Crippen MR) is 287 cm³/mol. The number of para-hydroxylation sites is 1. The van der Waals surface area contributed by atoms with E-state index in [4.69, 9.17) is 0 Å². The number of rotatable bonds is 5. The monoisotopic (exact) mass is 776 g/mol. The summed E-state index contributed by atoms with van der Waals surface area (Å²) in [5.41, 5.74) is 25.8. The fraction of sp³-hybridized carbons (Fsp3) is 0.0769. The van der Waals surface area contributed by atoms with Crippen molar-refractivity contribution in [2.75, 3.05) is 0 Å². The van der Waals surface area contributed by atoms with Gasteiger partial charge in [-0.1, -0.05) is 157 Å². The summed E-state index contributed by atoms with van der Waals surface area (Å²) < 4.78 is 5.01. The standard InChI is InChI=1S/C52H47B7N2/c1-52(2,3)32-22-17-28(18-23-32)29-19-24-34(25-20-29)61-50-41(42-45(55)46(56)47(57)49(59)51(42)61)43(53)39(44(54)48(50)58)31-21-26-37-36(27-31)40-35(30-11-6-4-7-12-30)15-10-16-38(40)60(37)33-13-8-5-9-14-33/h4-27H,53-59H2,1-3H3. The van der Waals surface area contributed by atoms with Crippen LogP contribution in [0.15, 0.2) is 146 Å². The Bertz CT molecular complexity index is 3380. The van der Waals surface area contributed by atoms with E-state index in [0.717, 1.165) is 0 Å². The van der Waals surface area contributed by atoms with Crippen molar-refractivity contribution in [3.05, 3.63) is 151 Å². The largest absolute Gasteiger partial charge is 0.310 e. The van der Waals surface area contributed by atoms with Crippen molar-refractivity contribution in [2.45, 2.75) is 26.2 Å². The topological polar surface area (TPSA) is 9.86 Å². The molecule has 8 aromatic carbocycles. The van der Waals surface area contributed by atoms with E-state index in [1.54, 1.807) is 0 Å². The van der Waals surface area contributed by atoms with E-state index >= 15 is 0 Å². The highest BCUT2D eigenvalue weighted by Crippen LogP contribution is 2.40. The molecule has 0 N–H and O–H groups in total. The SMILES string of the molecule is Bc1c(B)c(B)c2c(c1B)c1c(B)c(-c3ccc4c(c3)c3c(-c5ccccc5)cccc3n4-c3ccccc3)c(B)c(B)c1n2-c1ccc(-c2ccc(C(C)(C)C)cc2)cc1. The molecule has 0 aliphatic rings. The van der Waals surface area contributed by atoms with Gasteiger partial charge in [0.1, 0.15) is 54.9 Å². The maximum Gasteiger partial charge on any atom is 0.141 e. The molecule has 2 nitrogen and oxygen atoms in total. The molecule has 0 saturated carbocycles. The van der Waals surface area contributed by atoms with Gasteiger partial charge in [0.05, 0.1) is 11.0 Å². The third kappa shape index (κ3) is 6.03. The lowest BCUT2D eigenvalue weighted by Gasteiger charge is -2.19. The Morgan fingerprint density at radius 2 is 0.918 bits per heavy atom. The number of hydrogen-bond donors (Lipinski definition) is 0. The first-order valence-electron chi connectivity index (χ1n) is 21.8. The van der Waals surface area contributed by atoms with Gasteiger partial charge in [0.2, 0.25) is 0 Å². The minimum atomic E-state index is 0.126. The lowest BCUT2D eigenvalue weighted by molar-refractivity contribution is 0.590. The Morgan fingerprint density at radius 1 is 0.377 bits per heavy atom. The average Bonchev–Trinajstić information content (AvgIpc) is 3.82. The second-order valence-corrected chi connectivity index (χ2v) is 18.4. The lowest BCUT2D eigenvalue weighted by Crippen LogP contribution is -2.48. The third-order valence-electron chi connectivity index (χ3n) is 14.0. The van der Waals surface area contributed by atoms with E-state index in [9.17, 15) is 0 Å². The van der Waals surface area contributed by atoms with Crippen molar-refractivity contribution in [2.24, 2.45) is 0 Å². The summed E-state index contributed by atoms with van der Waals surface area (Å²) in [5.74, 6) is 0. The molecule has 286 valence electrons. The fourth-order valence-electron chi connectivity index (χ4n) is 10.3. The number of benzene rings is 8. The number of fused-ring (bicyclic) bond motifs is 6. The van der Waals surface area contributed by atoms with Gasteiger partial charge in [-0.15, -0.1) is 5.46 Å². The first-order valence-corrected chi connectivity index (χ1v) is 21.8. The average molecular weight is 776 g/mol. The van der Waals surface area contributed by atoms with Crippen LogP contribution in [-0.4, -0.2) is 64.1 Å². The summed E-state index contributed by atoms with van der Waals surface area (Å²) in [5, 5.41) is 5.27. The van der Waals surface area contributed by atoms with Crippen molar-refractivity contribution < 1.29 is 0 Å². The number of hydrogen-bond acceptors (Lipinski definition) is 0. The molecular formula is C52H47B7N2. The van der Waals surface area contributed by atoms with E-state index in [-0.39, 0.29) is 5.41 Å². The molecule has 10 aromatic rings. The van der Waals surface area contributed by atoms with Crippen LogP contribution in [0.4, 0.5) is 0 Å². The normalized spacial score (nSPS) is 12.0. The van der Waals surface area contributed by atoms with Gasteiger partial charge in [0.25, 0.3) is 0 Å². The Hall–Kier alpha value is -6.19. The maximum atomic E-state index is 2.58. The van der Waals surface area contributed by atoms with Gasteiger partial charge in [0.15, 0.2) is 0 Å². The second kappa shape index (κ2) is 14.5. The predicted octanol–water partition coefficient (Wildman–Crippen LogP) is 1.99. The van der Waals surface area contributed by atoms with Gasteiger partial charge in [-0.25, -0.2) is 0 Å². The number of nitrogens with zero attached hydrogens (tertiary/aromatic N) is 2. The molecule has 0 spiro atoms. The quantitative estimate of drug-likeness (QED) is 0.237. The van der Waals surface area contributed by atoms with Gasteiger partial charge >= 0.3 is 0 Å². The number of aromatic nitrogens is 2. The molecule has 10 rings (SSSR count). The maximum absolute atomic E-state index is 2.58. The molecule has 0 fully saturated rings. The van der Waals surface area contributed by atoms with Crippen molar-refractivity contribution in [1.29, 1.82) is 0 Å². The summed E-state index contributed by atoms with van der Waals surface area (Å²) in [7, 11) is 16.3. The Labute approximate surface area is 366 Å².